The maximum absolute atomic E-state index is 14.8. The summed E-state index contributed by atoms with van der Waals surface area (Å²) in [5.74, 6) is 0. The molecule has 1 aromatic rings. The number of rotatable bonds is 3. The van der Waals surface area contributed by atoms with Gasteiger partial charge in [-0.05, 0) is 5.56 Å². The molecule has 2 saturated heterocycles. The molecule has 0 bridgehead atoms. The molecule has 2 aliphatic rings. The first-order valence-corrected chi connectivity index (χ1v) is 6.44. The van der Waals surface area contributed by atoms with Crippen molar-refractivity contribution in [3.63, 3.8) is 0 Å². The second-order valence-corrected chi connectivity index (χ2v) is 5.64. The SMILES string of the molecule is OCC12CNCC1(F)CN(Cc1ccccc1)C2. The lowest BCUT2D eigenvalue weighted by Crippen LogP contribution is -2.45. The van der Waals surface area contributed by atoms with Crippen molar-refractivity contribution in [2.75, 3.05) is 32.8 Å². The van der Waals surface area contributed by atoms with Crippen molar-refractivity contribution in [3.8, 4) is 0 Å². The fourth-order valence-corrected chi connectivity index (χ4v) is 3.31. The normalized spacial score (nSPS) is 35.9. The van der Waals surface area contributed by atoms with Crippen LogP contribution in [0.15, 0.2) is 30.3 Å². The molecule has 18 heavy (non-hydrogen) atoms. The molecular weight excluding hydrogens is 231 g/mol. The van der Waals surface area contributed by atoms with E-state index in [1.54, 1.807) is 0 Å². The lowest BCUT2D eigenvalue weighted by molar-refractivity contribution is 0.0362. The first-order valence-electron chi connectivity index (χ1n) is 6.44. The number of aliphatic hydroxyl groups excluding tert-OH is 1. The number of hydrogen-bond donors (Lipinski definition) is 2. The first-order chi connectivity index (χ1) is 8.67. The zero-order valence-electron chi connectivity index (χ0n) is 10.4. The highest BCUT2D eigenvalue weighted by Gasteiger charge is 2.61. The van der Waals surface area contributed by atoms with Crippen LogP contribution < -0.4 is 5.32 Å². The van der Waals surface area contributed by atoms with E-state index in [-0.39, 0.29) is 6.61 Å². The number of halogens is 1. The van der Waals surface area contributed by atoms with Crippen LogP contribution >= 0.6 is 0 Å². The van der Waals surface area contributed by atoms with Gasteiger partial charge in [0, 0.05) is 32.7 Å². The Hall–Kier alpha value is -0.970. The van der Waals surface area contributed by atoms with Crippen molar-refractivity contribution >= 4 is 0 Å². The molecule has 0 saturated carbocycles. The molecule has 4 heteroatoms. The minimum Gasteiger partial charge on any atom is -0.396 e. The standard InChI is InChI=1S/C14H19FN2O/c15-14-8-16-7-13(14,11-18)9-17(10-14)6-12-4-2-1-3-5-12/h1-5,16,18H,6-11H2. The van der Waals surface area contributed by atoms with Gasteiger partial charge in [-0.2, -0.15) is 0 Å². The van der Waals surface area contributed by atoms with Gasteiger partial charge >= 0.3 is 0 Å². The highest BCUT2D eigenvalue weighted by molar-refractivity contribution is 5.18. The van der Waals surface area contributed by atoms with Crippen LogP contribution in [0.4, 0.5) is 4.39 Å². The van der Waals surface area contributed by atoms with E-state index < -0.39 is 11.1 Å². The van der Waals surface area contributed by atoms with E-state index in [4.69, 9.17) is 0 Å². The summed E-state index contributed by atoms with van der Waals surface area (Å²) in [5.41, 5.74) is -0.694. The Kier molecular flexibility index (Phi) is 2.88. The molecule has 0 spiro atoms. The molecule has 3 nitrogen and oxygen atoms in total. The summed E-state index contributed by atoms with van der Waals surface area (Å²) >= 11 is 0. The Morgan fingerprint density at radius 3 is 2.67 bits per heavy atom. The predicted molar refractivity (Wildman–Crippen MR) is 67.9 cm³/mol. The van der Waals surface area contributed by atoms with Crippen LogP contribution in [0.3, 0.4) is 0 Å². The van der Waals surface area contributed by atoms with Crippen LogP contribution in [0.5, 0.6) is 0 Å². The second kappa shape index (κ2) is 4.30. The van der Waals surface area contributed by atoms with E-state index in [9.17, 15) is 9.50 Å². The maximum Gasteiger partial charge on any atom is 0.146 e. The third-order valence-electron chi connectivity index (χ3n) is 4.37. The highest BCUT2D eigenvalue weighted by Crippen LogP contribution is 2.45. The molecule has 0 radical (unpaired) electrons. The number of fused-ring (bicyclic) bond motifs is 1. The largest absolute Gasteiger partial charge is 0.396 e. The molecule has 2 aliphatic heterocycles. The summed E-state index contributed by atoms with van der Waals surface area (Å²) in [4.78, 5) is 2.12. The lowest BCUT2D eigenvalue weighted by Gasteiger charge is -2.29. The van der Waals surface area contributed by atoms with Crippen LogP contribution in [0.25, 0.3) is 0 Å². The minimum atomic E-state index is -1.28. The van der Waals surface area contributed by atoms with Crippen LogP contribution in [0.1, 0.15) is 5.56 Å². The van der Waals surface area contributed by atoms with E-state index in [1.165, 1.54) is 5.56 Å². The highest BCUT2D eigenvalue weighted by atomic mass is 19.1. The number of aliphatic hydroxyl groups is 1. The number of alkyl halides is 1. The second-order valence-electron chi connectivity index (χ2n) is 5.64. The summed E-state index contributed by atoms with van der Waals surface area (Å²) in [7, 11) is 0. The van der Waals surface area contributed by atoms with E-state index in [0.717, 1.165) is 6.54 Å². The fraction of sp³-hybridized carbons (Fsp3) is 0.571. The number of likely N-dealkylation sites (tertiary alicyclic amines) is 1. The van der Waals surface area contributed by atoms with Gasteiger partial charge in [-0.15, -0.1) is 0 Å². The Bertz CT molecular complexity index is 427. The molecular formula is C14H19FN2O. The molecule has 0 aromatic heterocycles. The molecule has 3 rings (SSSR count). The van der Waals surface area contributed by atoms with Gasteiger partial charge in [-0.25, -0.2) is 4.39 Å². The van der Waals surface area contributed by atoms with Crippen LogP contribution in [0, 0.1) is 5.41 Å². The van der Waals surface area contributed by atoms with Gasteiger partial charge in [0.2, 0.25) is 0 Å². The average molecular weight is 250 g/mol. The summed E-state index contributed by atoms with van der Waals surface area (Å²) in [6.45, 7) is 2.65. The van der Waals surface area contributed by atoms with Crippen LogP contribution in [0.2, 0.25) is 0 Å². The van der Waals surface area contributed by atoms with Crippen molar-refractivity contribution in [1.82, 2.24) is 10.2 Å². The molecule has 98 valence electrons. The van der Waals surface area contributed by atoms with Crippen molar-refractivity contribution in [3.05, 3.63) is 35.9 Å². The Morgan fingerprint density at radius 2 is 2.00 bits per heavy atom. The lowest BCUT2D eigenvalue weighted by atomic mass is 9.79. The number of nitrogens with zero attached hydrogens (tertiary/aromatic N) is 1. The molecule has 0 amide bonds. The number of benzene rings is 1. The summed E-state index contributed by atoms with van der Waals surface area (Å²) < 4.78 is 14.8. The summed E-state index contributed by atoms with van der Waals surface area (Å²) in [6.07, 6.45) is 0. The first kappa shape index (κ1) is 12.1. The molecule has 1 aromatic carbocycles. The van der Waals surface area contributed by atoms with E-state index in [1.807, 2.05) is 18.2 Å². The molecule has 2 heterocycles. The third-order valence-corrected chi connectivity index (χ3v) is 4.37. The quantitative estimate of drug-likeness (QED) is 0.832. The van der Waals surface area contributed by atoms with E-state index in [2.05, 4.69) is 22.3 Å². The smallest absolute Gasteiger partial charge is 0.146 e. The van der Waals surface area contributed by atoms with Crippen molar-refractivity contribution in [2.24, 2.45) is 5.41 Å². The Balaban J connectivity index is 1.75. The number of hydrogen-bond acceptors (Lipinski definition) is 3. The fourth-order valence-electron chi connectivity index (χ4n) is 3.31. The van der Waals surface area contributed by atoms with Crippen LogP contribution in [-0.4, -0.2) is 48.5 Å². The van der Waals surface area contributed by atoms with Crippen molar-refractivity contribution in [1.29, 1.82) is 0 Å². The molecule has 2 N–H and O–H groups in total. The summed E-state index contributed by atoms with van der Waals surface area (Å²) in [6, 6.07) is 10.1. The Morgan fingerprint density at radius 1 is 1.22 bits per heavy atom. The number of nitrogens with one attached hydrogen (secondary N) is 1. The van der Waals surface area contributed by atoms with E-state index in [0.29, 0.717) is 26.2 Å². The monoisotopic (exact) mass is 250 g/mol. The molecule has 2 atom stereocenters. The topological polar surface area (TPSA) is 35.5 Å². The van der Waals surface area contributed by atoms with Gasteiger partial charge in [0.05, 0.1) is 12.0 Å². The average Bonchev–Trinajstić information content (AvgIpc) is 2.80. The third kappa shape index (κ3) is 1.76. The van der Waals surface area contributed by atoms with Crippen molar-refractivity contribution in [2.45, 2.75) is 12.2 Å². The molecule has 2 fully saturated rings. The maximum atomic E-state index is 14.8. The van der Waals surface area contributed by atoms with E-state index >= 15 is 0 Å². The van der Waals surface area contributed by atoms with Gasteiger partial charge in [0.15, 0.2) is 0 Å². The summed E-state index contributed by atoms with van der Waals surface area (Å²) in [5, 5.41) is 12.6. The predicted octanol–water partition coefficient (Wildman–Crippen LogP) is 0.792. The van der Waals surface area contributed by atoms with Gasteiger partial charge in [-0.1, -0.05) is 30.3 Å². The minimum absolute atomic E-state index is 0.0816. The van der Waals surface area contributed by atoms with Gasteiger partial charge in [0.1, 0.15) is 5.67 Å². The molecule has 2 unspecified atom stereocenters. The molecule has 0 aliphatic carbocycles. The van der Waals surface area contributed by atoms with Gasteiger partial charge < -0.3 is 10.4 Å². The zero-order valence-corrected chi connectivity index (χ0v) is 10.4. The Labute approximate surface area is 107 Å². The van der Waals surface area contributed by atoms with Crippen molar-refractivity contribution < 1.29 is 9.50 Å². The zero-order chi connectivity index (χ0) is 12.6. The van der Waals surface area contributed by atoms with Gasteiger partial charge in [-0.3, -0.25) is 4.90 Å². The van der Waals surface area contributed by atoms with Crippen LogP contribution in [-0.2, 0) is 6.54 Å². The van der Waals surface area contributed by atoms with Gasteiger partial charge in [0.25, 0.3) is 0 Å².